The summed E-state index contributed by atoms with van der Waals surface area (Å²) in [6.07, 6.45) is 2.69. The smallest absolute Gasteiger partial charge is 0.128 e. The van der Waals surface area contributed by atoms with Gasteiger partial charge in [-0.1, -0.05) is 30.8 Å². The van der Waals surface area contributed by atoms with Gasteiger partial charge in [0.25, 0.3) is 0 Å². The standard InChI is InChI=1S/C16H14N4S2/c1-2-10-7-11-15(17-9-18-16(11)22-10)21-8-14-19-12-5-3-4-6-13(12)20-14/h3-7,9H,2,8H2,1H3,(H,19,20). The number of para-hydroxylation sites is 2. The van der Waals surface area contributed by atoms with Crippen molar-refractivity contribution < 1.29 is 0 Å². The van der Waals surface area contributed by atoms with E-state index in [1.54, 1.807) is 29.4 Å². The van der Waals surface area contributed by atoms with Gasteiger partial charge in [-0.15, -0.1) is 11.3 Å². The van der Waals surface area contributed by atoms with Gasteiger partial charge in [0, 0.05) is 10.3 Å². The van der Waals surface area contributed by atoms with E-state index in [2.05, 4.69) is 32.9 Å². The number of rotatable bonds is 4. The van der Waals surface area contributed by atoms with Crippen LogP contribution in [0.4, 0.5) is 0 Å². The maximum Gasteiger partial charge on any atom is 0.128 e. The molecule has 4 nitrogen and oxygen atoms in total. The second-order valence-electron chi connectivity index (χ2n) is 4.95. The molecule has 0 aliphatic heterocycles. The molecule has 1 N–H and O–H groups in total. The molecular formula is C16H14N4S2. The van der Waals surface area contributed by atoms with Crippen molar-refractivity contribution in [2.45, 2.75) is 24.1 Å². The molecule has 3 heterocycles. The van der Waals surface area contributed by atoms with Crippen molar-refractivity contribution in [3.8, 4) is 0 Å². The van der Waals surface area contributed by atoms with Gasteiger partial charge in [0.05, 0.1) is 16.8 Å². The number of aromatic amines is 1. The molecule has 0 bridgehead atoms. The van der Waals surface area contributed by atoms with Crippen molar-refractivity contribution in [2.75, 3.05) is 0 Å². The Morgan fingerprint density at radius 2 is 2.14 bits per heavy atom. The van der Waals surface area contributed by atoms with E-state index in [4.69, 9.17) is 0 Å². The van der Waals surface area contributed by atoms with Gasteiger partial charge >= 0.3 is 0 Å². The van der Waals surface area contributed by atoms with Gasteiger partial charge in [-0.3, -0.25) is 0 Å². The first kappa shape index (κ1) is 13.7. The summed E-state index contributed by atoms with van der Waals surface area (Å²) in [6.45, 7) is 2.17. The van der Waals surface area contributed by atoms with Crippen molar-refractivity contribution in [1.82, 2.24) is 19.9 Å². The molecule has 22 heavy (non-hydrogen) atoms. The van der Waals surface area contributed by atoms with Crippen molar-refractivity contribution in [1.29, 1.82) is 0 Å². The third-order valence-electron chi connectivity index (χ3n) is 3.48. The van der Waals surface area contributed by atoms with Gasteiger partial charge in [-0.25, -0.2) is 15.0 Å². The number of hydrogen-bond donors (Lipinski definition) is 1. The van der Waals surface area contributed by atoms with Crippen LogP contribution < -0.4 is 0 Å². The van der Waals surface area contributed by atoms with Gasteiger partial charge < -0.3 is 4.98 Å². The Labute approximate surface area is 136 Å². The maximum atomic E-state index is 4.61. The number of nitrogens with zero attached hydrogens (tertiary/aromatic N) is 3. The lowest BCUT2D eigenvalue weighted by Gasteiger charge is -1.99. The van der Waals surface area contributed by atoms with E-state index in [-0.39, 0.29) is 0 Å². The highest BCUT2D eigenvalue weighted by molar-refractivity contribution is 7.98. The molecule has 0 unspecified atom stereocenters. The molecule has 0 aliphatic rings. The number of thioether (sulfide) groups is 1. The molecule has 0 atom stereocenters. The number of H-pyrrole nitrogens is 1. The van der Waals surface area contributed by atoms with Crippen LogP contribution in [-0.4, -0.2) is 19.9 Å². The summed E-state index contributed by atoms with van der Waals surface area (Å²) in [7, 11) is 0. The molecule has 4 rings (SSSR count). The molecule has 110 valence electrons. The van der Waals surface area contributed by atoms with Gasteiger partial charge in [0.2, 0.25) is 0 Å². The number of hydrogen-bond acceptors (Lipinski definition) is 5. The zero-order valence-electron chi connectivity index (χ0n) is 12.0. The summed E-state index contributed by atoms with van der Waals surface area (Å²) in [6, 6.07) is 10.3. The van der Waals surface area contributed by atoms with Crippen LogP contribution in [0, 0.1) is 0 Å². The molecule has 0 aliphatic carbocycles. The van der Waals surface area contributed by atoms with E-state index in [1.165, 1.54) is 4.88 Å². The molecule has 4 aromatic rings. The minimum Gasteiger partial charge on any atom is -0.341 e. The fourth-order valence-corrected chi connectivity index (χ4v) is 4.23. The topological polar surface area (TPSA) is 54.5 Å². The minimum absolute atomic E-state index is 0.776. The molecule has 0 fully saturated rings. The SMILES string of the molecule is CCc1cc2c(SCc3nc4ccccc4[nH]3)ncnc2s1. The normalized spacial score (nSPS) is 11.5. The molecule has 6 heteroatoms. The summed E-state index contributed by atoms with van der Waals surface area (Å²) < 4.78 is 0. The quantitative estimate of drug-likeness (QED) is 0.445. The van der Waals surface area contributed by atoms with E-state index in [0.29, 0.717) is 0 Å². The highest BCUT2D eigenvalue weighted by Crippen LogP contribution is 2.32. The number of benzene rings is 1. The molecule has 3 aromatic heterocycles. The van der Waals surface area contributed by atoms with Crippen LogP contribution in [0.1, 0.15) is 17.6 Å². The first-order valence-electron chi connectivity index (χ1n) is 7.13. The summed E-state index contributed by atoms with van der Waals surface area (Å²) in [4.78, 5) is 19.2. The summed E-state index contributed by atoms with van der Waals surface area (Å²) in [5.41, 5.74) is 2.09. The molecule has 0 spiro atoms. The average Bonchev–Trinajstić information content (AvgIpc) is 3.15. The minimum atomic E-state index is 0.776. The summed E-state index contributed by atoms with van der Waals surface area (Å²) >= 11 is 3.45. The Morgan fingerprint density at radius 1 is 1.23 bits per heavy atom. The van der Waals surface area contributed by atoms with Gasteiger partial charge in [0.15, 0.2) is 0 Å². The molecule has 0 amide bonds. The highest BCUT2D eigenvalue weighted by atomic mass is 32.2. The van der Waals surface area contributed by atoms with Crippen LogP contribution in [0.5, 0.6) is 0 Å². The lowest BCUT2D eigenvalue weighted by molar-refractivity contribution is 1.09. The summed E-state index contributed by atoms with van der Waals surface area (Å²) in [5.74, 6) is 1.75. The maximum absolute atomic E-state index is 4.61. The van der Waals surface area contributed by atoms with Crippen molar-refractivity contribution in [3.05, 3.63) is 47.4 Å². The number of thiophene rings is 1. The first-order chi connectivity index (χ1) is 10.8. The van der Waals surface area contributed by atoms with Crippen LogP contribution in [0.3, 0.4) is 0 Å². The highest BCUT2D eigenvalue weighted by Gasteiger charge is 2.10. The molecule has 1 aromatic carbocycles. The predicted molar refractivity (Wildman–Crippen MR) is 92.4 cm³/mol. The van der Waals surface area contributed by atoms with Crippen LogP contribution in [-0.2, 0) is 12.2 Å². The fourth-order valence-electron chi connectivity index (χ4n) is 2.38. The molecular weight excluding hydrogens is 312 g/mol. The van der Waals surface area contributed by atoms with Crippen LogP contribution >= 0.6 is 23.1 Å². The van der Waals surface area contributed by atoms with E-state index in [1.807, 2.05) is 24.3 Å². The van der Waals surface area contributed by atoms with Crippen LogP contribution in [0.25, 0.3) is 21.3 Å². The van der Waals surface area contributed by atoms with Crippen LogP contribution in [0.15, 0.2) is 41.7 Å². The average molecular weight is 326 g/mol. The van der Waals surface area contributed by atoms with E-state index < -0.39 is 0 Å². The number of imidazole rings is 1. The van der Waals surface area contributed by atoms with Gasteiger partial charge in [-0.2, -0.15) is 0 Å². The zero-order valence-corrected chi connectivity index (χ0v) is 13.7. The van der Waals surface area contributed by atoms with E-state index in [9.17, 15) is 0 Å². The zero-order chi connectivity index (χ0) is 14.9. The number of nitrogens with one attached hydrogen (secondary N) is 1. The Balaban J connectivity index is 1.62. The molecule has 0 radical (unpaired) electrons. The summed E-state index contributed by atoms with van der Waals surface area (Å²) in [5, 5.41) is 2.19. The van der Waals surface area contributed by atoms with Gasteiger partial charge in [0.1, 0.15) is 22.0 Å². The fraction of sp³-hybridized carbons (Fsp3) is 0.188. The Bertz CT molecular complexity index is 909. The monoisotopic (exact) mass is 326 g/mol. The Morgan fingerprint density at radius 3 is 3.00 bits per heavy atom. The lowest BCUT2D eigenvalue weighted by atomic mass is 10.3. The number of aryl methyl sites for hydroxylation is 1. The first-order valence-corrected chi connectivity index (χ1v) is 8.93. The van der Waals surface area contributed by atoms with Crippen LogP contribution in [0.2, 0.25) is 0 Å². The van der Waals surface area contributed by atoms with E-state index in [0.717, 1.165) is 44.3 Å². The van der Waals surface area contributed by atoms with Crippen molar-refractivity contribution in [3.63, 3.8) is 0 Å². The van der Waals surface area contributed by atoms with Crippen molar-refractivity contribution in [2.24, 2.45) is 0 Å². The lowest BCUT2D eigenvalue weighted by Crippen LogP contribution is -1.87. The Hall–Kier alpha value is -1.92. The molecule has 0 saturated heterocycles. The predicted octanol–water partition coefficient (Wildman–Crippen LogP) is 4.42. The second-order valence-corrected chi connectivity index (χ2v) is 7.03. The number of aromatic nitrogens is 4. The van der Waals surface area contributed by atoms with E-state index >= 15 is 0 Å². The third-order valence-corrected chi connectivity index (χ3v) is 5.68. The Kier molecular flexibility index (Phi) is 3.56. The van der Waals surface area contributed by atoms with Crippen molar-refractivity contribution >= 4 is 44.3 Å². The van der Waals surface area contributed by atoms with Gasteiger partial charge in [-0.05, 0) is 24.6 Å². The largest absolute Gasteiger partial charge is 0.341 e. The third kappa shape index (κ3) is 2.48. The second kappa shape index (κ2) is 5.70. The number of fused-ring (bicyclic) bond motifs is 2. The molecule has 0 saturated carbocycles.